The molecule has 1 aliphatic carbocycles. The first kappa shape index (κ1) is 7.76. The van der Waals surface area contributed by atoms with Crippen LogP contribution in [0.2, 0.25) is 0 Å². The number of allylic oxidation sites excluding steroid dienone is 1. The van der Waals surface area contributed by atoms with Gasteiger partial charge >= 0.3 is 0 Å². The van der Waals surface area contributed by atoms with Crippen LogP contribution in [0.4, 0.5) is 0 Å². The van der Waals surface area contributed by atoms with Crippen LogP contribution in [0, 0.1) is 5.92 Å². The van der Waals surface area contributed by atoms with E-state index in [0.717, 1.165) is 12.8 Å². The average Bonchev–Trinajstić information content (AvgIpc) is 1.88. The van der Waals surface area contributed by atoms with Crippen LogP contribution in [0.15, 0.2) is 12.7 Å². The van der Waals surface area contributed by atoms with Gasteiger partial charge in [0.2, 0.25) is 0 Å². The van der Waals surface area contributed by atoms with Crippen LogP contribution < -0.4 is 0 Å². The van der Waals surface area contributed by atoms with E-state index >= 15 is 0 Å². The van der Waals surface area contributed by atoms with Crippen LogP contribution in [0.5, 0.6) is 0 Å². The molecule has 0 bridgehead atoms. The first-order valence-electron chi connectivity index (χ1n) is 3.71. The third-order valence-corrected chi connectivity index (χ3v) is 2.16. The SMILES string of the molecule is C=CC1CCC(O)(O)CC1. The summed E-state index contributed by atoms with van der Waals surface area (Å²) >= 11 is 0. The quantitative estimate of drug-likeness (QED) is 0.424. The maximum atomic E-state index is 9.11. The predicted molar refractivity (Wildman–Crippen MR) is 39.3 cm³/mol. The molecular weight excluding hydrogens is 128 g/mol. The number of rotatable bonds is 1. The molecule has 0 heterocycles. The number of hydrogen-bond donors (Lipinski definition) is 2. The molecule has 1 aliphatic rings. The second-order valence-electron chi connectivity index (χ2n) is 3.06. The molecule has 0 spiro atoms. The molecule has 0 aromatic heterocycles. The zero-order valence-electron chi connectivity index (χ0n) is 6.08. The molecule has 0 saturated heterocycles. The van der Waals surface area contributed by atoms with Gasteiger partial charge in [-0.1, -0.05) is 6.08 Å². The summed E-state index contributed by atoms with van der Waals surface area (Å²) in [5.41, 5.74) is 0. The van der Waals surface area contributed by atoms with Crippen LogP contribution in [0.3, 0.4) is 0 Å². The Labute approximate surface area is 61.2 Å². The maximum absolute atomic E-state index is 9.11. The van der Waals surface area contributed by atoms with Crippen LogP contribution in [-0.2, 0) is 0 Å². The molecule has 2 N–H and O–H groups in total. The highest BCUT2D eigenvalue weighted by Gasteiger charge is 2.28. The van der Waals surface area contributed by atoms with Crippen LogP contribution in [0.25, 0.3) is 0 Å². The maximum Gasteiger partial charge on any atom is 0.162 e. The van der Waals surface area contributed by atoms with Crippen molar-refractivity contribution >= 4 is 0 Å². The molecule has 1 saturated carbocycles. The Kier molecular flexibility index (Phi) is 2.11. The Balaban J connectivity index is 2.38. The lowest BCUT2D eigenvalue weighted by atomic mass is 9.85. The summed E-state index contributed by atoms with van der Waals surface area (Å²) in [7, 11) is 0. The summed E-state index contributed by atoms with van der Waals surface area (Å²) in [5.74, 6) is -0.896. The van der Waals surface area contributed by atoms with Gasteiger partial charge in [-0.3, -0.25) is 0 Å². The highest BCUT2D eigenvalue weighted by atomic mass is 16.5. The third kappa shape index (κ3) is 1.82. The summed E-state index contributed by atoms with van der Waals surface area (Å²) < 4.78 is 0. The van der Waals surface area contributed by atoms with Gasteiger partial charge in [-0.15, -0.1) is 6.58 Å². The van der Waals surface area contributed by atoms with Crippen LogP contribution in [0.1, 0.15) is 25.7 Å². The van der Waals surface area contributed by atoms with Gasteiger partial charge in [-0.05, 0) is 18.8 Å². The predicted octanol–water partition coefficient (Wildman–Crippen LogP) is 1.04. The Bertz CT molecular complexity index is 119. The minimum atomic E-state index is -1.39. The van der Waals surface area contributed by atoms with Crippen molar-refractivity contribution in [3.63, 3.8) is 0 Å². The standard InChI is InChI=1S/C8H14O2/c1-2-7-3-5-8(9,10)6-4-7/h2,7,9-10H,1,3-6H2. The van der Waals surface area contributed by atoms with E-state index in [2.05, 4.69) is 6.58 Å². The second-order valence-corrected chi connectivity index (χ2v) is 3.06. The van der Waals surface area contributed by atoms with E-state index in [-0.39, 0.29) is 0 Å². The molecule has 0 radical (unpaired) electrons. The van der Waals surface area contributed by atoms with Crippen molar-refractivity contribution in [2.75, 3.05) is 0 Å². The van der Waals surface area contributed by atoms with Crippen molar-refractivity contribution in [2.24, 2.45) is 5.92 Å². The summed E-state index contributed by atoms with van der Waals surface area (Å²) in [6, 6.07) is 0. The molecule has 58 valence electrons. The van der Waals surface area contributed by atoms with Gasteiger partial charge in [0, 0.05) is 12.8 Å². The van der Waals surface area contributed by atoms with Gasteiger partial charge in [0.15, 0.2) is 5.79 Å². The normalized spacial score (nSPS) is 26.2. The Morgan fingerprint density at radius 1 is 1.30 bits per heavy atom. The lowest BCUT2D eigenvalue weighted by Gasteiger charge is -2.29. The number of hydrogen-bond acceptors (Lipinski definition) is 2. The van der Waals surface area contributed by atoms with Gasteiger partial charge in [-0.25, -0.2) is 0 Å². The second kappa shape index (κ2) is 2.72. The molecule has 0 amide bonds. The molecule has 1 fully saturated rings. The zero-order chi connectivity index (χ0) is 7.61. The largest absolute Gasteiger partial charge is 0.366 e. The minimum Gasteiger partial charge on any atom is -0.366 e. The molecule has 0 unspecified atom stereocenters. The summed E-state index contributed by atoms with van der Waals surface area (Å²) in [6.45, 7) is 3.67. The van der Waals surface area contributed by atoms with Crippen molar-refractivity contribution in [3.05, 3.63) is 12.7 Å². The lowest BCUT2D eigenvalue weighted by molar-refractivity contribution is -0.184. The zero-order valence-corrected chi connectivity index (χ0v) is 6.08. The molecule has 10 heavy (non-hydrogen) atoms. The van der Waals surface area contributed by atoms with E-state index < -0.39 is 5.79 Å². The summed E-state index contributed by atoms with van der Waals surface area (Å²) in [6.07, 6.45) is 4.59. The number of aliphatic hydroxyl groups is 2. The van der Waals surface area contributed by atoms with Crippen molar-refractivity contribution in [3.8, 4) is 0 Å². The summed E-state index contributed by atoms with van der Waals surface area (Å²) in [5, 5.41) is 18.2. The Morgan fingerprint density at radius 2 is 1.80 bits per heavy atom. The van der Waals surface area contributed by atoms with E-state index in [9.17, 15) is 0 Å². The van der Waals surface area contributed by atoms with E-state index in [1.807, 2.05) is 6.08 Å². The lowest BCUT2D eigenvalue weighted by Crippen LogP contribution is -2.32. The fraction of sp³-hybridized carbons (Fsp3) is 0.750. The highest BCUT2D eigenvalue weighted by Crippen LogP contribution is 2.30. The van der Waals surface area contributed by atoms with Crippen molar-refractivity contribution in [1.82, 2.24) is 0 Å². The smallest absolute Gasteiger partial charge is 0.162 e. The van der Waals surface area contributed by atoms with E-state index in [1.54, 1.807) is 0 Å². The molecular formula is C8H14O2. The molecule has 0 aromatic rings. The first-order chi connectivity index (χ1) is 4.64. The molecule has 1 rings (SSSR count). The third-order valence-electron chi connectivity index (χ3n) is 2.16. The van der Waals surface area contributed by atoms with Gasteiger partial charge in [0.05, 0.1) is 0 Å². The molecule has 2 nitrogen and oxygen atoms in total. The summed E-state index contributed by atoms with van der Waals surface area (Å²) in [4.78, 5) is 0. The van der Waals surface area contributed by atoms with Gasteiger partial charge < -0.3 is 10.2 Å². The highest BCUT2D eigenvalue weighted by molar-refractivity contribution is 4.86. The fourth-order valence-electron chi connectivity index (χ4n) is 1.34. The minimum absolute atomic E-state index is 0.490. The average molecular weight is 142 g/mol. The molecule has 2 heteroatoms. The Morgan fingerprint density at radius 3 is 2.20 bits per heavy atom. The van der Waals surface area contributed by atoms with Crippen molar-refractivity contribution in [1.29, 1.82) is 0 Å². The molecule has 0 aliphatic heterocycles. The molecule has 0 atom stereocenters. The van der Waals surface area contributed by atoms with E-state index in [0.29, 0.717) is 18.8 Å². The Hall–Kier alpha value is -0.340. The van der Waals surface area contributed by atoms with Crippen LogP contribution >= 0.6 is 0 Å². The van der Waals surface area contributed by atoms with Gasteiger partial charge in [-0.2, -0.15) is 0 Å². The van der Waals surface area contributed by atoms with Crippen LogP contribution in [-0.4, -0.2) is 16.0 Å². The van der Waals surface area contributed by atoms with E-state index in [1.165, 1.54) is 0 Å². The fourth-order valence-corrected chi connectivity index (χ4v) is 1.34. The molecule has 0 aromatic carbocycles. The van der Waals surface area contributed by atoms with Gasteiger partial charge in [0.25, 0.3) is 0 Å². The first-order valence-corrected chi connectivity index (χ1v) is 3.71. The van der Waals surface area contributed by atoms with E-state index in [4.69, 9.17) is 10.2 Å². The topological polar surface area (TPSA) is 40.5 Å². The van der Waals surface area contributed by atoms with Gasteiger partial charge in [0.1, 0.15) is 0 Å². The monoisotopic (exact) mass is 142 g/mol. The van der Waals surface area contributed by atoms with Crippen molar-refractivity contribution in [2.45, 2.75) is 31.5 Å². The van der Waals surface area contributed by atoms with Crippen molar-refractivity contribution < 1.29 is 10.2 Å².